The summed E-state index contributed by atoms with van der Waals surface area (Å²) in [7, 11) is -3.57. The van der Waals surface area contributed by atoms with Gasteiger partial charge in [-0.3, -0.25) is 0 Å². The van der Waals surface area contributed by atoms with Gasteiger partial charge < -0.3 is 4.74 Å². The molecule has 2 aromatic rings. The normalized spacial score (nSPS) is 11.4. The molecule has 118 valence electrons. The van der Waals surface area contributed by atoms with Crippen molar-refractivity contribution in [3.05, 3.63) is 58.1 Å². The second kappa shape index (κ2) is 7.33. The lowest BCUT2D eigenvalue weighted by molar-refractivity contribution is 0.323. The van der Waals surface area contributed by atoms with E-state index in [0.717, 1.165) is 5.56 Å². The maximum absolute atomic E-state index is 12.0. The van der Waals surface area contributed by atoms with Gasteiger partial charge in [0, 0.05) is 11.6 Å². The first-order valence-electron chi connectivity index (χ1n) is 6.53. The number of aryl methyl sites for hydroxylation is 1. The van der Waals surface area contributed by atoms with Crippen LogP contribution in [0.4, 0.5) is 0 Å². The smallest absolute Gasteiger partial charge is 0.240 e. The third-order valence-electron chi connectivity index (χ3n) is 2.86. The first-order valence-corrected chi connectivity index (χ1v) is 8.76. The van der Waals surface area contributed by atoms with E-state index in [1.54, 1.807) is 12.1 Å². The molecule has 0 unspecified atom stereocenters. The number of benzene rings is 2. The van der Waals surface area contributed by atoms with Crippen LogP contribution in [0.3, 0.4) is 0 Å². The van der Waals surface area contributed by atoms with Crippen molar-refractivity contribution in [3.8, 4) is 5.75 Å². The van der Waals surface area contributed by atoms with Crippen LogP contribution in [0.1, 0.15) is 5.56 Å². The molecule has 2 aromatic carbocycles. The molecular formula is C15H15Cl2NO3S. The van der Waals surface area contributed by atoms with Gasteiger partial charge in [0.25, 0.3) is 0 Å². The van der Waals surface area contributed by atoms with E-state index in [0.29, 0.717) is 15.8 Å². The van der Waals surface area contributed by atoms with Crippen molar-refractivity contribution < 1.29 is 13.2 Å². The molecule has 0 fully saturated rings. The molecule has 0 saturated heterocycles. The summed E-state index contributed by atoms with van der Waals surface area (Å²) in [6, 6.07) is 11.4. The molecule has 0 heterocycles. The zero-order valence-electron chi connectivity index (χ0n) is 11.8. The number of halogens is 2. The molecular weight excluding hydrogens is 345 g/mol. The highest BCUT2D eigenvalue weighted by atomic mass is 35.5. The van der Waals surface area contributed by atoms with Crippen molar-refractivity contribution >= 4 is 33.2 Å². The Labute approximate surface area is 140 Å². The summed E-state index contributed by atoms with van der Waals surface area (Å²) in [5.74, 6) is 0.535. The van der Waals surface area contributed by atoms with Crippen molar-refractivity contribution in [3.63, 3.8) is 0 Å². The lowest BCUT2D eigenvalue weighted by atomic mass is 10.2. The van der Waals surface area contributed by atoms with E-state index < -0.39 is 10.0 Å². The van der Waals surface area contributed by atoms with E-state index in [4.69, 9.17) is 27.9 Å². The Bertz CT molecular complexity index is 746. The summed E-state index contributed by atoms with van der Waals surface area (Å²) >= 11 is 11.7. The topological polar surface area (TPSA) is 55.4 Å². The van der Waals surface area contributed by atoms with Gasteiger partial charge in [-0.1, -0.05) is 29.3 Å². The maximum Gasteiger partial charge on any atom is 0.240 e. The molecule has 0 radical (unpaired) electrons. The molecule has 22 heavy (non-hydrogen) atoms. The monoisotopic (exact) mass is 359 g/mol. The highest BCUT2D eigenvalue weighted by Crippen LogP contribution is 2.25. The summed E-state index contributed by atoms with van der Waals surface area (Å²) in [5.41, 5.74) is 1.01. The van der Waals surface area contributed by atoms with Crippen LogP contribution in [0.25, 0.3) is 0 Å². The number of hydrogen-bond acceptors (Lipinski definition) is 3. The molecule has 4 nitrogen and oxygen atoms in total. The number of sulfonamides is 1. The number of rotatable bonds is 6. The molecule has 0 aliphatic heterocycles. The van der Waals surface area contributed by atoms with Crippen LogP contribution < -0.4 is 9.46 Å². The first-order chi connectivity index (χ1) is 10.4. The Morgan fingerprint density at radius 3 is 2.45 bits per heavy atom. The van der Waals surface area contributed by atoms with Gasteiger partial charge in [0.1, 0.15) is 12.4 Å². The standard InChI is InChI=1S/C15H15Cl2NO3S/c1-11-2-7-14(17)15(10-11)21-9-8-18-22(19,20)13-5-3-12(16)4-6-13/h2-7,10,18H,8-9H2,1H3. The average Bonchev–Trinajstić information content (AvgIpc) is 2.47. The van der Waals surface area contributed by atoms with E-state index in [1.807, 2.05) is 13.0 Å². The highest BCUT2D eigenvalue weighted by molar-refractivity contribution is 7.89. The van der Waals surface area contributed by atoms with E-state index in [2.05, 4.69) is 4.72 Å². The van der Waals surface area contributed by atoms with Gasteiger partial charge in [-0.25, -0.2) is 13.1 Å². The minimum absolute atomic E-state index is 0.134. The van der Waals surface area contributed by atoms with Gasteiger partial charge in [-0.05, 0) is 48.9 Å². The lowest BCUT2D eigenvalue weighted by Gasteiger charge is -2.10. The quantitative estimate of drug-likeness (QED) is 0.800. The van der Waals surface area contributed by atoms with Crippen LogP contribution in [0.2, 0.25) is 10.0 Å². The molecule has 1 N–H and O–H groups in total. The predicted molar refractivity (Wildman–Crippen MR) is 88.3 cm³/mol. The Hall–Kier alpha value is -1.27. The Balaban J connectivity index is 1.90. The highest BCUT2D eigenvalue weighted by Gasteiger charge is 2.13. The van der Waals surface area contributed by atoms with Gasteiger partial charge in [0.2, 0.25) is 10.0 Å². The van der Waals surface area contributed by atoms with Crippen LogP contribution >= 0.6 is 23.2 Å². The fourth-order valence-electron chi connectivity index (χ4n) is 1.76. The molecule has 7 heteroatoms. The van der Waals surface area contributed by atoms with Crippen molar-refractivity contribution in [2.45, 2.75) is 11.8 Å². The van der Waals surface area contributed by atoms with Crippen LogP contribution in [-0.2, 0) is 10.0 Å². The summed E-state index contributed by atoms with van der Waals surface area (Å²) in [4.78, 5) is 0.158. The summed E-state index contributed by atoms with van der Waals surface area (Å²) < 4.78 is 32.0. The van der Waals surface area contributed by atoms with Crippen molar-refractivity contribution in [1.29, 1.82) is 0 Å². The van der Waals surface area contributed by atoms with Gasteiger partial charge in [-0.15, -0.1) is 0 Å². The largest absolute Gasteiger partial charge is 0.491 e. The zero-order valence-corrected chi connectivity index (χ0v) is 14.2. The van der Waals surface area contributed by atoms with Crippen molar-refractivity contribution in [2.75, 3.05) is 13.2 Å². The molecule has 0 atom stereocenters. The van der Waals surface area contributed by atoms with E-state index >= 15 is 0 Å². The Kier molecular flexibility index (Phi) is 5.69. The Morgan fingerprint density at radius 1 is 1.09 bits per heavy atom. The number of nitrogens with one attached hydrogen (secondary N) is 1. The van der Waals surface area contributed by atoms with E-state index in [1.165, 1.54) is 24.3 Å². The van der Waals surface area contributed by atoms with Gasteiger partial charge in [0.05, 0.1) is 9.92 Å². The summed E-state index contributed by atoms with van der Waals surface area (Å²) in [6.07, 6.45) is 0. The second-order valence-corrected chi connectivity index (χ2v) is 7.24. The molecule has 0 aliphatic carbocycles. The minimum atomic E-state index is -3.57. The molecule has 0 amide bonds. The van der Waals surface area contributed by atoms with Crippen molar-refractivity contribution in [2.24, 2.45) is 0 Å². The molecule has 0 spiro atoms. The fraction of sp³-hybridized carbons (Fsp3) is 0.200. The van der Waals surface area contributed by atoms with Crippen LogP contribution in [-0.4, -0.2) is 21.6 Å². The Morgan fingerprint density at radius 2 is 1.77 bits per heavy atom. The van der Waals surface area contributed by atoms with Gasteiger partial charge >= 0.3 is 0 Å². The van der Waals surface area contributed by atoms with Gasteiger partial charge in [-0.2, -0.15) is 0 Å². The third-order valence-corrected chi connectivity index (χ3v) is 4.90. The molecule has 0 bridgehead atoms. The molecule has 0 saturated carbocycles. The summed E-state index contributed by atoms with van der Waals surface area (Å²) in [6.45, 7) is 2.23. The average molecular weight is 360 g/mol. The third kappa shape index (κ3) is 4.61. The minimum Gasteiger partial charge on any atom is -0.491 e. The van der Waals surface area contributed by atoms with E-state index in [9.17, 15) is 8.42 Å². The molecule has 0 aliphatic rings. The lowest BCUT2D eigenvalue weighted by Crippen LogP contribution is -2.28. The van der Waals surface area contributed by atoms with Crippen molar-refractivity contribution in [1.82, 2.24) is 4.72 Å². The molecule has 0 aromatic heterocycles. The maximum atomic E-state index is 12.0. The SMILES string of the molecule is Cc1ccc(Cl)c(OCCNS(=O)(=O)c2ccc(Cl)cc2)c1. The number of hydrogen-bond donors (Lipinski definition) is 1. The fourth-order valence-corrected chi connectivity index (χ4v) is 3.07. The second-order valence-electron chi connectivity index (χ2n) is 4.63. The predicted octanol–water partition coefficient (Wildman–Crippen LogP) is 3.66. The zero-order chi connectivity index (χ0) is 16.2. The van der Waals surface area contributed by atoms with Gasteiger partial charge in [0.15, 0.2) is 0 Å². The van der Waals surface area contributed by atoms with Crippen LogP contribution in [0, 0.1) is 6.92 Å². The molecule has 2 rings (SSSR count). The summed E-state index contributed by atoms with van der Waals surface area (Å²) in [5, 5.41) is 0.975. The van der Waals surface area contributed by atoms with Crippen LogP contribution in [0.15, 0.2) is 47.4 Å². The van der Waals surface area contributed by atoms with Crippen LogP contribution in [0.5, 0.6) is 5.75 Å². The first kappa shape index (κ1) is 17.1. The van der Waals surface area contributed by atoms with E-state index in [-0.39, 0.29) is 18.0 Å². The number of ether oxygens (including phenoxy) is 1.